The molecule has 0 amide bonds. The van der Waals surface area contributed by atoms with Crippen LogP contribution in [-0.4, -0.2) is 49.2 Å². The van der Waals surface area contributed by atoms with Gasteiger partial charge in [-0.05, 0) is 32.0 Å². The predicted octanol–water partition coefficient (Wildman–Crippen LogP) is 1.50. The van der Waals surface area contributed by atoms with E-state index >= 15 is 0 Å². The van der Waals surface area contributed by atoms with Crippen molar-refractivity contribution in [1.82, 2.24) is 4.31 Å². The van der Waals surface area contributed by atoms with E-state index in [1.54, 1.807) is 26.0 Å². The Balaban J connectivity index is 2.33. The Morgan fingerprint density at radius 1 is 1.50 bits per heavy atom. The Hall–Kier alpha value is -0.660. The zero-order valence-corrected chi connectivity index (χ0v) is 13.0. The maximum Gasteiger partial charge on any atom is 0.243 e. The van der Waals surface area contributed by atoms with E-state index in [-0.39, 0.29) is 24.6 Å². The molecule has 1 unspecified atom stereocenters. The molecule has 1 aliphatic heterocycles. The fourth-order valence-electron chi connectivity index (χ4n) is 2.30. The highest BCUT2D eigenvalue weighted by Gasteiger charge is 2.39. The van der Waals surface area contributed by atoms with Crippen LogP contribution in [0.3, 0.4) is 0 Å². The van der Waals surface area contributed by atoms with E-state index in [1.165, 1.54) is 16.4 Å². The minimum absolute atomic E-state index is 0.134. The second-order valence-electron chi connectivity index (χ2n) is 5.44. The van der Waals surface area contributed by atoms with Gasteiger partial charge in [0, 0.05) is 18.1 Å². The largest absolute Gasteiger partial charge is 0.394 e. The van der Waals surface area contributed by atoms with Gasteiger partial charge in [0.1, 0.15) is 0 Å². The maximum atomic E-state index is 12.6. The third-order valence-corrected chi connectivity index (χ3v) is 5.13. The third kappa shape index (κ3) is 3.32. The first-order valence-corrected chi connectivity index (χ1v) is 8.11. The van der Waals surface area contributed by atoms with Crippen LogP contribution in [0.5, 0.6) is 0 Å². The van der Waals surface area contributed by atoms with E-state index in [0.717, 1.165) is 0 Å². The number of sulfonamides is 1. The summed E-state index contributed by atoms with van der Waals surface area (Å²) in [6.45, 7) is 3.75. The zero-order chi connectivity index (χ0) is 15.0. The Morgan fingerprint density at radius 3 is 2.80 bits per heavy atom. The van der Waals surface area contributed by atoms with Gasteiger partial charge in [0.25, 0.3) is 0 Å². The van der Waals surface area contributed by atoms with Gasteiger partial charge in [0.15, 0.2) is 0 Å². The summed E-state index contributed by atoms with van der Waals surface area (Å²) >= 11 is 5.85. The predicted molar refractivity (Wildman–Crippen MR) is 76.2 cm³/mol. The van der Waals surface area contributed by atoms with Crippen LogP contribution in [-0.2, 0) is 14.8 Å². The number of benzene rings is 1. The first-order valence-electron chi connectivity index (χ1n) is 6.29. The summed E-state index contributed by atoms with van der Waals surface area (Å²) in [5, 5.41) is 9.63. The normalized spacial score (nSPS) is 23.7. The highest BCUT2D eigenvalue weighted by Crippen LogP contribution is 2.27. The van der Waals surface area contributed by atoms with Crippen LogP contribution in [0.25, 0.3) is 0 Å². The number of aliphatic hydroxyl groups is 1. The molecule has 0 aromatic heterocycles. The number of hydrogen-bond donors (Lipinski definition) is 1. The summed E-state index contributed by atoms with van der Waals surface area (Å²) in [5.41, 5.74) is -0.642. The van der Waals surface area contributed by atoms with Crippen LogP contribution in [0.1, 0.15) is 13.8 Å². The first-order chi connectivity index (χ1) is 9.24. The monoisotopic (exact) mass is 319 g/mol. The molecule has 0 bridgehead atoms. The van der Waals surface area contributed by atoms with Crippen molar-refractivity contribution >= 4 is 21.6 Å². The molecule has 0 saturated carbocycles. The Labute approximate surface area is 124 Å². The lowest BCUT2D eigenvalue weighted by Crippen LogP contribution is -2.55. The summed E-state index contributed by atoms with van der Waals surface area (Å²) in [6.07, 6.45) is -0.521. The number of hydrogen-bond acceptors (Lipinski definition) is 4. The lowest BCUT2D eigenvalue weighted by molar-refractivity contribution is -0.131. The molecule has 1 aromatic carbocycles. The molecule has 5 nitrogen and oxygen atoms in total. The average Bonchev–Trinajstić information content (AvgIpc) is 2.36. The molecule has 1 atom stereocenters. The molecule has 112 valence electrons. The summed E-state index contributed by atoms with van der Waals surface area (Å²) < 4.78 is 32.2. The molecule has 20 heavy (non-hydrogen) atoms. The van der Waals surface area contributed by atoms with Gasteiger partial charge >= 0.3 is 0 Å². The Bertz CT molecular complexity index is 588. The van der Waals surface area contributed by atoms with Gasteiger partial charge in [-0.2, -0.15) is 4.31 Å². The van der Waals surface area contributed by atoms with Crippen LogP contribution in [0.15, 0.2) is 29.2 Å². The fraction of sp³-hybridized carbons (Fsp3) is 0.538. The molecule has 1 N–H and O–H groups in total. The molecular weight excluding hydrogens is 302 g/mol. The summed E-state index contributed by atoms with van der Waals surface area (Å²) in [5.74, 6) is 0. The highest BCUT2D eigenvalue weighted by molar-refractivity contribution is 7.89. The van der Waals surface area contributed by atoms with Crippen molar-refractivity contribution in [2.45, 2.75) is 30.4 Å². The van der Waals surface area contributed by atoms with Gasteiger partial charge in [-0.1, -0.05) is 17.7 Å². The number of rotatable bonds is 3. The number of nitrogens with zero attached hydrogens (tertiary/aromatic N) is 1. The molecule has 1 saturated heterocycles. The summed E-state index contributed by atoms with van der Waals surface area (Å²) in [4.78, 5) is 0.152. The number of ether oxygens (including phenoxy) is 1. The molecule has 7 heteroatoms. The second kappa shape index (κ2) is 5.61. The molecule has 2 rings (SSSR count). The average molecular weight is 320 g/mol. The molecule has 0 aliphatic carbocycles. The molecule has 1 fully saturated rings. The minimum Gasteiger partial charge on any atom is -0.394 e. The fourth-order valence-corrected chi connectivity index (χ4v) is 4.22. The van der Waals surface area contributed by atoms with Crippen LogP contribution in [0, 0.1) is 0 Å². The van der Waals surface area contributed by atoms with Crippen molar-refractivity contribution in [3.63, 3.8) is 0 Å². The van der Waals surface area contributed by atoms with Gasteiger partial charge < -0.3 is 9.84 Å². The van der Waals surface area contributed by atoms with Crippen LogP contribution < -0.4 is 0 Å². The van der Waals surface area contributed by atoms with Gasteiger partial charge in [-0.15, -0.1) is 0 Å². The molecule has 1 aromatic rings. The smallest absolute Gasteiger partial charge is 0.243 e. The molecule has 1 heterocycles. The van der Waals surface area contributed by atoms with Crippen molar-refractivity contribution in [2.75, 3.05) is 19.7 Å². The van der Waals surface area contributed by atoms with Gasteiger partial charge in [0.05, 0.1) is 23.2 Å². The van der Waals surface area contributed by atoms with Gasteiger partial charge in [-0.3, -0.25) is 0 Å². The topological polar surface area (TPSA) is 66.8 Å². The van der Waals surface area contributed by atoms with Crippen molar-refractivity contribution in [2.24, 2.45) is 0 Å². The van der Waals surface area contributed by atoms with Crippen LogP contribution in [0.2, 0.25) is 5.02 Å². The standard InChI is InChI=1S/C13H18ClNO4S/c1-13(2)9-15(7-11(8-16)19-13)20(17,18)12-5-3-4-10(14)6-12/h3-6,11,16H,7-9H2,1-2H3. The molecule has 0 spiro atoms. The van der Waals surface area contributed by atoms with E-state index in [9.17, 15) is 13.5 Å². The molecular formula is C13H18ClNO4S. The zero-order valence-electron chi connectivity index (χ0n) is 11.4. The Morgan fingerprint density at radius 2 is 2.20 bits per heavy atom. The van der Waals surface area contributed by atoms with Crippen molar-refractivity contribution in [3.8, 4) is 0 Å². The highest BCUT2D eigenvalue weighted by atomic mass is 35.5. The molecule has 0 radical (unpaired) electrons. The first kappa shape index (κ1) is 15.7. The third-order valence-electron chi connectivity index (χ3n) is 3.09. The minimum atomic E-state index is -3.64. The van der Waals surface area contributed by atoms with E-state index in [0.29, 0.717) is 5.02 Å². The Kier molecular flexibility index (Phi) is 4.41. The lowest BCUT2D eigenvalue weighted by Gasteiger charge is -2.41. The van der Waals surface area contributed by atoms with E-state index in [2.05, 4.69) is 0 Å². The summed E-state index contributed by atoms with van der Waals surface area (Å²) in [6, 6.07) is 6.16. The second-order valence-corrected chi connectivity index (χ2v) is 7.81. The van der Waals surface area contributed by atoms with E-state index < -0.39 is 21.7 Å². The lowest BCUT2D eigenvalue weighted by atomic mass is 10.1. The molecule has 1 aliphatic rings. The number of aliphatic hydroxyl groups excluding tert-OH is 1. The van der Waals surface area contributed by atoms with Crippen molar-refractivity contribution in [3.05, 3.63) is 29.3 Å². The number of morpholine rings is 1. The van der Waals surface area contributed by atoms with Crippen molar-refractivity contribution in [1.29, 1.82) is 0 Å². The van der Waals surface area contributed by atoms with Crippen LogP contribution in [0.4, 0.5) is 0 Å². The van der Waals surface area contributed by atoms with E-state index in [4.69, 9.17) is 16.3 Å². The summed E-state index contributed by atoms with van der Waals surface area (Å²) in [7, 11) is -3.64. The SMILES string of the molecule is CC1(C)CN(S(=O)(=O)c2cccc(Cl)c2)CC(CO)O1. The number of halogens is 1. The van der Waals surface area contributed by atoms with Crippen molar-refractivity contribution < 1.29 is 18.3 Å². The van der Waals surface area contributed by atoms with Crippen LogP contribution >= 0.6 is 11.6 Å². The van der Waals surface area contributed by atoms with Gasteiger partial charge in [-0.25, -0.2) is 8.42 Å². The maximum absolute atomic E-state index is 12.6. The van der Waals surface area contributed by atoms with E-state index in [1.807, 2.05) is 0 Å². The quantitative estimate of drug-likeness (QED) is 0.917. The van der Waals surface area contributed by atoms with Gasteiger partial charge in [0.2, 0.25) is 10.0 Å².